The molecule has 9 nitrogen and oxygen atoms in total. The van der Waals surface area contributed by atoms with Crippen molar-refractivity contribution >= 4 is 40.9 Å². The van der Waals surface area contributed by atoms with Gasteiger partial charge in [-0.2, -0.15) is 0 Å². The Balaban J connectivity index is 2.30. The SMILES string of the molecule is CC=CCCc1ccc(OP(=S)(Oc2cccc(OCCCCCC)c2)SC(OC)C(=NOC)OC(=O)NC)cc1. The smallest absolute Gasteiger partial charge is 0.413 e. The maximum atomic E-state index is 11.9. The number of alkyl carbamates (subject to hydrolysis) is 1. The van der Waals surface area contributed by atoms with E-state index >= 15 is 0 Å². The number of carbonyl (C=O) groups excluding carboxylic acids is 1. The molecule has 1 N–H and O–H groups in total. The Labute approximate surface area is 252 Å². The molecule has 0 aliphatic heterocycles. The molecular formula is C29H41N2O7PS2. The molecule has 12 heteroatoms. The van der Waals surface area contributed by atoms with E-state index < -0.39 is 17.2 Å². The molecule has 0 aromatic heterocycles. The summed E-state index contributed by atoms with van der Waals surface area (Å²) in [4.78, 5) is 16.8. The minimum Gasteiger partial charge on any atom is -0.493 e. The van der Waals surface area contributed by atoms with Crippen LogP contribution >= 0.6 is 17.1 Å². The van der Waals surface area contributed by atoms with Gasteiger partial charge >= 0.3 is 11.8 Å². The Hall–Kier alpha value is -2.72. The second-order valence-corrected chi connectivity index (χ2v) is 14.8. The topological polar surface area (TPSA) is 96.8 Å². The van der Waals surface area contributed by atoms with Crippen LogP contribution in [0, 0.1) is 0 Å². The predicted molar refractivity (Wildman–Crippen MR) is 170 cm³/mol. The lowest BCUT2D eigenvalue weighted by Crippen LogP contribution is -2.30. The summed E-state index contributed by atoms with van der Waals surface area (Å²) in [6, 6.07) is 15.0. The van der Waals surface area contributed by atoms with Crippen LogP contribution < -0.4 is 19.1 Å². The van der Waals surface area contributed by atoms with Crippen LogP contribution in [0.15, 0.2) is 65.8 Å². The summed E-state index contributed by atoms with van der Waals surface area (Å²) in [6.07, 6.45) is 9.73. The van der Waals surface area contributed by atoms with Gasteiger partial charge < -0.3 is 33.4 Å². The van der Waals surface area contributed by atoms with E-state index in [-0.39, 0.29) is 5.90 Å². The first-order chi connectivity index (χ1) is 19.9. The highest BCUT2D eigenvalue weighted by Gasteiger charge is 2.34. The fourth-order valence-electron chi connectivity index (χ4n) is 3.45. The van der Waals surface area contributed by atoms with E-state index in [1.807, 2.05) is 49.4 Å². The van der Waals surface area contributed by atoms with Gasteiger partial charge in [0.2, 0.25) is 0 Å². The molecule has 0 heterocycles. The normalized spacial score (nSPS) is 13.7. The number of rotatable bonds is 18. The van der Waals surface area contributed by atoms with Crippen molar-refractivity contribution in [2.75, 3.05) is 27.9 Å². The van der Waals surface area contributed by atoms with Gasteiger partial charge in [-0.05, 0) is 84.4 Å². The molecule has 2 aromatic carbocycles. The van der Waals surface area contributed by atoms with Crippen LogP contribution in [-0.2, 0) is 32.5 Å². The summed E-state index contributed by atoms with van der Waals surface area (Å²) in [5.74, 6) is 1.53. The molecule has 2 aromatic rings. The molecular weight excluding hydrogens is 583 g/mol. The lowest BCUT2D eigenvalue weighted by Gasteiger charge is -2.26. The van der Waals surface area contributed by atoms with E-state index in [0.717, 1.165) is 43.5 Å². The molecule has 0 spiro atoms. The molecule has 0 radical (unpaired) electrons. The number of unbranched alkanes of at least 4 members (excludes halogenated alkanes) is 3. The van der Waals surface area contributed by atoms with Crippen molar-refractivity contribution in [3.05, 3.63) is 66.2 Å². The first-order valence-corrected chi connectivity index (χ1v) is 17.6. The van der Waals surface area contributed by atoms with Gasteiger partial charge in [-0.3, -0.25) is 0 Å². The fraction of sp³-hybridized carbons (Fsp3) is 0.448. The number of amides is 1. The van der Waals surface area contributed by atoms with Crippen molar-refractivity contribution in [1.29, 1.82) is 0 Å². The minimum atomic E-state index is -3.26. The van der Waals surface area contributed by atoms with Crippen molar-refractivity contribution in [2.45, 2.75) is 57.8 Å². The number of nitrogens with one attached hydrogen (secondary N) is 1. The Morgan fingerprint density at radius 2 is 1.80 bits per heavy atom. The maximum Gasteiger partial charge on any atom is 0.413 e. The fourth-order valence-corrected chi connectivity index (χ4v) is 8.05. The number of carbonyl (C=O) groups is 1. The van der Waals surface area contributed by atoms with Crippen LogP contribution in [0.4, 0.5) is 4.79 Å². The van der Waals surface area contributed by atoms with Gasteiger partial charge in [-0.15, -0.1) is 0 Å². The Morgan fingerprint density at radius 1 is 1.07 bits per heavy atom. The van der Waals surface area contributed by atoms with Crippen LogP contribution in [0.3, 0.4) is 0 Å². The van der Waals surface area contributed by atoms with E-state index in [2.05, 4.69) is 23.5 Å². The Bertz CT molecular complexity index is 1160. The van der Waals surface area contributed by atoms with E-state index in [1.165, 1.54) is 33.3 Å². The molecule has 2 atom stereocenters. The lowest BCUT2D eigenvalue weighted by atomic mass is 10.1. The number of benzene rings is 2. The second-order valence-electron chi connectivity index (χ2n) is 8.69. The quantitative estimate of drug-likeness (QED) is 0.0338. The molecule has 1 amide bonds. The summed E-state index contributed by atoms with van der Waals surface area (Å²) >= 11 is 7.03. The monoisotopic (exact) mass is 624 g/mol. The van der Waals surface area contributed by atoms with Gasteiger partial charge in [0.1, 0.15) is 24.4 Å². The number of hydrogen-bond acceptors (Lipinski definition) is 10. The molecule has 41 heavy (non-hydrogen) atoms. The summed E-state index contributed by atoms with van der Waals surface area (Å²) in [5.41, 5.74) is -3.06. The van der Waals surface area contributed by atoms with Gasteiger partial charge in [0.05, 0.1) is 6.61 Å². The maximum absolute atomic E-state index is 11.9. The summed E-state index contributed by atoms with van der Waals surface area (Å²) < 4.78 is 29.4. The van der Waals surface area contributed by atoms with Crippen molar-refractivity contribution in [2.24, 2.45) is 5.16 Å². The van der Waals surface area contributed by atoms with Crippen LogP contribution in [-0.4, -0.2) is 45.3 Å². The molecule has 0 fully saturated rings. The second kappa shape index (κ2) is 19.4. The molecule has 226 valence electrons. The van der Waals surface area contributed by atoms with E-state index in [0.29, 0.717) is 23.9 Å². The van der Waals surface area contributed by atoms with Crippen molar-refractivity contribution < 1.29 is 32.9 Å². The molecule has 2 unspecified atom stereocenters. The number of hydrogen-bond donors (Lipinski definition) is 1. The average Bonchev–Trinajstić information content (AvgIpc) is 2.97. The molecule has 0 bridgehead atoms. The third-order valence-corrected chi connectivity index (χ3v) is 10.2. The highest BCUT2D eigenvalue weighted by atomic mass is 32.9. The minimum absolute atomic E-state index is 0.149. The molecule has 0 aliphatic carbocycles. The summed E-state index contributed by atoms with van der Waals surface area (Å²) in [6.45, 7) is 4.80. The average molecular weight is 625 g/mol. The highest BCUT2D eigenvalue weighted by molar-refractivity contribution is 8.68. The number of nitrogens with zero attached hydrogens (tertiary/aromatic N) is 1. The van der Waals surface area contributed by atoms with E-state index in [1.54, 1.807) is 12.1 Å². The largest absolute Gasteiger partial charge is 0.493 e. The van der Waals surface area contributed by atoms with Crippen molar-refractivity contribution in [1.82, 2.24) is 5.32 Å². The summed E-state index contributed by atoms with van der Waals surface area (Å²) in [7, 11) is 4.20. The number of methoxy groups -OCH3 is 1. The predicted octanol–water partition coefficient (Wildman–Crippen LogP) is 7.86. The first-order valence-electron chi connectivity index (χ1n) is 13.5. The lowest BCUT2D eigenvalue weighted by molar-refractivity contribution is 0.152. The standard InChI is InChI=1S/C29H41N2O7PS2/c1-6-8-10-12-21-35-25-15-13-16-26(22-25)38-39(40,37-24-19-17-23(18-20-24)14-11-9-7-2)41-28(33-4)27(31-34-5)36-29(32)30-3/h7,9,13,15-20,22,28H,6,8,10-12,14,21H2,1-5H3,(H,30,32). The van der Waals surface area contributed by atoms with Gasteiger partial charge in [0.25, 0.3) is 5.90 Å². The summed E-state index contributed by atoms with van der Waals surface area (Å²) in [5, 5.41) is 6.19. The highest BCUT2D eigenvalue weighted by Crippen LogP contribution is 2.62. The van der Waals surface area contributed by atoms with Gasteiger partial charge in [0.15, 0.2) is 5.44 Å². The third-order valence-electron chi connectivity index (χ3n) is 5.49. The molecule has 0 aliphatic rings. The van der Waals surface area contributed by atoms with Crippen LogP contribution in [0.25, 0.3) is 0 Å². The number of aryl methyl sites for hydroxylation is 1. The molecule has 0 saturated heterocycles. The Morgan fingerprint density at radius 3 is 2.46 bits per heavy atom. The Kier molecular flexibility index (Phi) is 16.3. The molecule has 2 rings (SSSR count). The zero-order valence-corrected chi connectivity index (χ0v) is 26.9. The number of allylic oxidation sites excluding steroid dienone is 2. The van der Waals surface area contributed by atoms with Crippen LogP contribution in [0.1, 0.15) is 51.5 Å². The number of oxime groups is 1. The van der Waals surface area contributed by atoms with Crippen molar-refractivity contribution in [3.63, 3.8) is 0 Å². The van der Waals surface area contributed by atoms with Crippen LogP contribution in [0.2, 0.25) is 0 Å². The van der Waals surface area contributed by atoms with Crippen molar-refractivity contribution in [3.8, 4) is 17.2 Å². The first kappa shape index (κ1) is 34.5. The zero-order chi connectivity index (χ0) is 29.9. The zero-order valence-electron chi connectivity index (χ0n) is 24.4. The van der Waals surface area contributed by atoms with Gasteiger partial charge in [0, 0.05) is 20.2 Å². The van der Waals surface area contributed by atoms with E-state index in [4.69, 9.17) is 39.9 Å². The van der Waals surface area contributed by atoms with E-state index in [9.17, 15) is 4.79 Å². The molecule has 0 saturated carbocycles. The third kappa shape index (κ3) is 13.2. The number of ether oxygens (including phenoxy) is 3. The van der Waals surface area contributed by atoms with Gasteiger partial charge in [-0.25, -0.2) is 4.79 Å². The van der Waals surface area contributed by atoms with Gasteiger partial charge in [-0.1, -0.05) is 56.5 Å². The van der Waals surface area contributed by atoms with Crippen LogP contribution in [0.5, 0.6) is 17.2 Å².